The van der Waals surface area contributed by atoms with Gasteiger partial charge in [0.1, 0.15) is 0 Å². The van der Waals surface area contributed by atoms with E-state index in [0.29, 0.717) is 6.42 Å². The predicted octanol–water partition coefficient (Wildman–Crippen LogP) is 1.48. The predicted molar refractivity (Wildman–Crippen MR) is 74.2 cm³/mol. The molecule has 5 heteroatoms. The Morgan fingerprint density at radius 1 is 1.67 bits per heavy atom. The molecule has 0 saturated carbocycles. The topological polar surface area (TPSA) is 45.2 Å². The van der Waals surface area contributed by atoms with Crippen LogP contribution in [0.2, 0.25) is 0 Å². The number of carbonyl (C=O) groups excluding carboxylic acids is 1. The Labute approximate surface area is 112 Å². The third kappa shape index (κ3) is 3.99. The molecular weight excluding hydrogens is 246 g/mol. The van der Waals surface area contributed by atoms with Gasteiger partial charge >= 0.3 is 0 Å². The summed E-state index contributed by atoms with van der Waals surface area (Å²) in [5.74, 6) is 0.0935. The molecule has 1 aliphatic heterocycles. The fraction of sp³-hybridized carbons (Fsp3) is 0.538. The number of carbonyl (C=O) groups is 1. The summed E-state index contributed by atoms with van der Waals surface area (Å²) >= 11 is 1.75. The molecule has 0 aromatic carbocycles. The largest absolute Gasteiger partial charge is 0.352 e. The monoisotopic (exact) mass is 265 g/mol. The molecule has 0 unspecified atom stereocenters. The van der Waals surface area contributed by atoms with Crippen molar-refractivity contribution in [3.8, 4) is 0 Å². The van der Waals surface area contributed by atoms with Gasteiger partial charge in [-0.25, -0.2) is 4.31 Å². The minimum Gasteiger partial charge on any atom is -0.352 e. The molecular formula is C13H19N3OS. The van der Waals surface area contributed by atoms with Gasteiger partial charge in [-0.1, -0.05) is 18.0 Å². The maximum atomic E-state index is 11.9. The van der Waals surface area contributed by atoms with Gasteiger partial charge < -0.3 is 5.32 Å². The molecule has 0 spiro atoms. The zero-order valence-electron chi connectivity index (χ0n) is 10.6. The van der Waals surface area contributed by atoms with Crippen LogP contribution in [0.3, 0.4) is 0 Å². The average Bonchev–Trinajstić information content (AvgIpc) is 2.40. The van der Waals surface area contributed by atoms with Gasteiger partial charge in [-0.2, -0.15) is 0 Å². The fourth-order valence-electron chi connectivity index (χ4n) is 2.19. The van der Waals surface area contributed by atoms with E-state index >= 15 is 0 Å². The Morgan fingerprint density at radius 2 is 2.56 bits per heavy atom. The molecule has 98 valence electrons. The lowest BCUT2D eigenvalue weighted by molar-refractivity contribution is -0.121. The molecule has 1 fully saturated rings. The Bertz CT molecular complexity index is 385. The smallest absolute Gasteiger partial charge is 0.224 e. The van der Waals surface area contributed by atoms with Gasteiger partial charge in [0.25, 0.3) is 0 Å². The number of amides is 1. The number of hydrogen-bond donors (Lipinski definition) is 1. The van der Waals surface area contributed by atoms with Gasteiger partial charge in [-0.05, 0) is 30.7 Å². The summed E-state index contributed by atoms with van der Waals surface area (Å²) in [6.07, 6.45) is 8.20. The number of aromatic nitrogens is 1. The molecule has 0 bridgehead atoms. The first-order chi connectivity index (χ1) is 8.78. The molecule has 0 aliphatic carbocycles. The first kappa shape index (κ1) is 13.4. The van der Waals surface area contributed by atoms with Crippen molar-refractivity contribution in [2.75, 3.05) is 19.3 Å². The maximum absolute atomic E-state index is 11.9. The zero-order valence-corrected chi connectivity index (χ0v) is 11.4. The van der Waals surface area contributed by atoms with Crippen molar-refractivity contribution in [2.24, 2.45) is 0 Å². The van der Waals surface area contributed by atoms with Crippen LogP contribution in [0.5, 0.6) is 0 Å². The van der Waals surface area contributed by atoms with Crippen molar-refractivity contribution in [1.82, 2.24) is 14.6 Å². The maximum Gasteiger partial charge on any atom is 0.224 e. The number of rotatable bonds is 4. The van der Waals surface area contributed by atoms with Gasteiger partial charge in [-0.15, -0.1) is 0 Å². The minimum absolute atomic E-state index is 0.0935. The highest BCUT2D eigenvalue weighted by molar-refractivity contribution is 7.96. The van der Waals surface area contributed by atoms with Crippen LogP contribution in [0.15, 0.2) is 24.5 Å². The van der Waals surface area contributed by atoms with Crippen molar-refractivity contribution >= 4 is 17.9 Å². The van der Waals surface area contributed by atoms with Gasteiger partial charge in [-0.3, -0.25) is 9.78 Å². The summed E-state index contributed by atoms with van der Waals surface area (Å²) in [6, 6.07) is 4.08. The highest BCUT2D eigenvalue weighted by Crippen LogP contribution is 2.16. The van der Waals surface area contributed by atoms with E-state index in [-0.39, 0.29) is 11.9 Å². The van der Waals surface area contributed by atoms with Crippen molar-refractivity contribution in [2.45, 2.75) is 25.3 Å². The number of piperidine rings is 1. The first-order valence-corrected chi connectivity index (χ1v) is 7.43. The van der Waals surface area contributed by atoms with Crippen LogP contribution >= 0.6 is 11.9 Å². The van der Waals surface area contributed by atoms with Crippen LogP contribution in [0.4, 0.5) is 0 Å². The van der Waals surface area contributed by atoms with Crippen LogP contribution in [0.1, 0.15) is 18.4 Å². The lowest BCUT2D eigenvalue weighted by Gasteiger charge is -2.31. The van der Waals surface area contributed by atoms with Gasteiger partial charge in [0.2, 0.25) is 5.91 Å². The number of hydrogen-bond acceptors (Lipinski definition) is 4. The normalized spacial score (nSPS) is 20.6. The fourth-order valence-corrected chi connectivity index (χ4v) is 2.83. The van der Waals surface area contributed by atoms with Crippen LogP contribution in [0, 0.1) is 0 Å². The van der Waals surface area contributed by atoms with Crippen molar-refractivity contribution in [3.05, 3.63) is 30.1 Å². The van der Waals surface area contributed by atoms with Crippen LogP contribution in [-0.4, -0.2) is 40.6 Å². The minimum atomic E-state index is 0.0935. The number of nitrogens with one attached hydrogen (secondary N) is 1. The van der Waals surface area contributed by atoms with Crippen molar-refractivity contribution < 1.29 is 4.79 Å². The Hall–Kier alpha value is -1.07. The Morgan fingerprint density at radius 3 is 3.28 bits per heavy atom. The molecule has 1 N–H and O–H groups in total. The summed E-state index contributed by atoms with van der Waals surface area (Å²) in [5, 5.41) is 3.11. The summed E-state index contributed by atoms with van der Waals surface area (Å²) in [4.78, 5) is 15.9. The third-order valence-corrected chi connectivity index (χ3v) is 3.94. The standard InChI is InChI=1S/C13H19N3OS/c1-18-16-7-3-5-12(10-16)15-13(17)8-11-4-2-6-14-9-11/h2,4,6,9,12H,3,5,7-8,10H2,1H3,(H,15,17)/t12-/m1/s1. The summed E-state index contributed by atoms with van der Waals surface area (Å²) in [7, 11) is 0. The van der Waals surface area contributed by atoms with Gasteiger partial charge in [0.05, 0.1) is 6.42 Å². The van der Waals surface area contributed by atoms with E-state index < -0.39 is 0 Å². The second kappa shape index (κ2) is 6.75. The summed E-state index contributed by atoms with van der Waals surface area (Å²) in [5.41, 5.74) is 0.965. The molecule has 1 aromatic rings. The molecule has 1 aliphatic rings. The van der Waals surface area contributed by atoms with E-state index in [1.165, 1.54) is 0 Å². The lowest BCUT2D eigenvalue weighted by atomic mass is 10.1. The van der Waals surface area contributed by atoms with E-state index in [9.17, 15) is 4.79 Å². The van der Waals surface area contributed by atoms with E-state index in [1.54, 1.807) is 24.3 Å². The molecule has 1 atom stereocenters. The van der Waals surface area contributed by atoms with Crippen molar-refractivity contribution in [3.63, 3.8) is 0 Å². The van der Waals surface area contributed by atoms with Crippen molar-refractivity contribution in [1.29, 1.82) is 0 Å². The first-order valence-electron chi connectivity index (χ1n) is 6.25. The molecule has 0 radical (unpaired) electrons. The Balaban J connectivity index is 1.80. The Kier molecular flexibility index (Phi) is 5.01. The van der Waals surface area contributed by atoms with Crippen LogP contribution < -0.4 is 5.32 Å². The molecule has 1 aromatic heterocycles. The van der Waals surface area contributed by atoms with Gasteiger partial charge in [0, 0.05) is 31.5 Å². The summed E-state index contributed by atoms with van der Waals surface area (Å²) in [6.45, 7) is 2.07. The second-order valence-corrected chi connectivity index (χ2v) is 5.40. The quantitative estimate of drug-likeness (QED) is 0.838. The van der Waals surface area contributed by atoms with Crippen LogP contribution in [-0.2, 0) is 11.2 Å². The number of pyridine rings is 1. The zero-order chi connectivity index (χ0) is 12.8. The second-order valence-electron chi connectivity index (χ2n) is 4.52. The highest BCUT2D eigenvalue weighted by atomic mass is 32.2. The number of nitrogens with zero attached hydrogens (tertiary/aromatic N) is 2. The molecule has 2 rings (SSSR count). The molecule has 1 amide bonds. The average molecular weight is 265 g/mol. The molecule has 4 nitrogen and oxygen atoms in total. The lowest BCUT2D eigenvalue weighted by Crippen LogP contribution is -2.45. The highest BCUT2D eigenvalue weighted by Gasteiger charge is 2.20. The van der Waals surface area contributed by atoms with E-state index in [0.717, 1.165) is 31.5 Å². The SMILES string of the molecule is CSN1CCC[C@@H](NC(=O)Cc2cccnc2)C1. The van der Waals surface area contributed by atoms with E-state index in [1.807, 2.05) is 12.1 Å². The molecule has 18 heavy (non-hydrogen) atoms. The summed E-state index contributed by atoms with van der Waals surface area (Å²) < 4.78 is 2.30. The molecule has 2 heterocycles. The van der Waals surface area contributed by atoms with E-state index in [2.05, 4.69) is 20.9 Å². The van der Waals surface area contributed by atoms with E-state index in [4.69, 9.17) is 0 Å². The van der Waals surface area contributed by atoms with Gasteiger partial charge in [0.15, 0.2) is 0 Å². The third-order valence-electron chi connectivity index (χ3n) is 3.09. The van der Waals surface area contributed by atoms with Crippen LogP contribution in [0.25, 0.3) is 0 Å². The molecule has 1 saturated heterocycles.